The highest BCUT2D eigenvalue weighted by molar-refractivity contribution is 7.07. The van der Waals surface area contributed by atoms with Crippen LogP contribution in [0.25, 0.3) is 0 Å². The van der Waals surface area contributed by atoms with Crippen LogP contribution in [-0.2, 0) is 24.3 Å². The summed E-state index contributed by atoms with van der Waals surface area (Å²) in [5.74, 6) is 2.05. The number of carbonyl (C=O) groups excluding carboxylic acids is 1. The molecule has 1 N–H and O–H groups in total. The largest absolute Gasteiger partial charge is 0.484 e. The van der Waals surface area contributed by atoms with E-state index in [9.17, 15) is 4.79 Å². The quantitative estimate of drug-likeness (QED) is 0.600. The van der Waals surface area contributed by atoms with Gasteiger partial charge in [0.2, 0.25) is 5.91 Å². The van der Waals surface area contributed by atoms with Crippen molar-refractivity contribution in [3.05, 3.63) is 70.4 Å². The Labute approximate surface area is 181 Å². The Hall–Kier alpha value is -2.64. The minimum atomic E-state index is 0.00399. The number of aryl methyl sites for hydroxylation is 2. The maximum absolute atomic E-state index is 12.3. The Bertz CT molecular complexity index is 954. The average molecular weight is 425 g/mol. The lowest BCUT2D eigenvalue weighted by Crippen LogP contribution is -2.36. The minimum Gasteiger partial charge on any atom is -0.484 e. The van der Waals surface area contributed by atoms with Crippen LogP contribution in [0.3, 0.4) is 0 Å². The molecule has 1 atom stereocenters. The van der Waals surface area contributed by atoms with E-state index in [1.54, 1.807) is 17.5 Å². The van der Waals surface area contributed by atoms with Gasteiger partial charge in [-0.25, -0.2) is 4.98 Å². The number of benzene rings is 1. The van der Waals surface area contributed by atoms with E-state index in [0.29, 0.717) is 19.5 Å². The number of nitrogens with one attached hydrogen (secondary N) is 1. The second-order valence-electron chi connectivity index (χ2n) is 7.50. The van der Waals surface area contributed by atoms with Gasteiger partial charge in [0, 0.05) is 69.1 Å². The van der Waals surface area contributed by atoms with Gasteiger partial charge in [-0.3, -0.25) is 9.69 Å². The molecule has 30 heavy (non-hydrogen) atoms. The highest BCUT2D eigenvalue weighted by Gasteiger charge is 2.24. The number of thiophene rings is 1. The maximum Gasteiger partial charge on any atom is 0.221 e. The summed E-state index contributed by atoms with van der Waals surface area (Å²) in [6, 6.07) is 10.4. The Morgan fingerprint density at radius 3 is 3.03 bits per heavy atom. The zero-order valence-electron chi connectivity index (χ0n) is 17.3. The van der Waals surface area contributed by atoms with Gasteiger partial charge in [0.15, 0.2) is 0 Å². The van der Waals surface area contributed by atoms with Crippen LogP contribution in [0.2, 0.25) is 0 Å². The molecule has 2 aromatic heterocycles. The van der Waals surface area contributed by atoms with Crippen LogP contribution in [-0.4, -0.2) is 40.0 Å². The predicted octanol–water partition coefficient (Wildman–Crippen LogP) is 3.65. The Kier molecular flexibility index (Phi) is 6.81. The lowest BCUT2D eigenvalue weighted by molar-refractivity contribution is -0.121. The van der Waals surface area contributed by atoms with E-state index < -0.39 is 0 Å². The fourth-order valence-electron chi connectivity index (χ4n) is 3.80. The van der Waals surface area contributed by atoms with Crippen LogP contribution in [0.15, 0.2) is 53.5 Å². The zero-order valence-corrected chi connectivity index (χ0v) is 18.1. The number of amides is 1. The molecule has 4 rings (SSSR count). The molecule has 7 heteroatoms. The van der Waals surface area contributed by atoms with Crippen molar-refractivity contribution in [1.82, 2.24) is 19.8 Å². The van der Waals surface area contributed by atoms with Crippen LogP contribution in [0, 0.1) is 0 Å². The molecule has 0 aliphatic carbocycles. The topological polar surface area (TPSA) is 59.4 Å². The van der Waals surface area contributed by atoms with Crippen LogP contribution in [0.1, 0.15) is 36.4 Å². The lowest BCUT2D eigenvalue weighted by atomic mass is 10.2. The van der Waals surface area contributed by atoms with Crippen LogP contribution >= 0.6 is 11.3 Å². The van der Waals surface area contributed by atoms with Gasteiger partial charge < -0.3 is 14.6 Å². The summed E-state index contributed by atoms with van der Waals surface area (Å²) in [4.78, 5) is 19.0. The van der Waals surface area contributed by atoms with Crippen molar-refractivity contribution < 1.29 is 9.53 Å². The van der Waals surface area contributed by atoms with E-state index in [-0.39, 0.29) is 12.0 Å². The van der Waals surface area contributed by atoms with Crippen LogP contribution in [0.5, 0.6) is 5.75 Å². The molecular weight excluding hydrogens is 396 g/mol. The van der Waals surface area contributed by atoms with Gasteiger partial charge >= 0.3 is 0 Å². The van der Waals surface area contributed by atoms with Gasteiger partial charge in [0.25, 0.3) is 0 Å². The summed E-state index contributed by atoms with van der Waals surface area (Å²) in [5, 5.41) is 7.31. The number of nitrogens with zero attached hydrogens (tertiary/aromatic N) is 3. The second kappa shape index (κ2) is 9.91. The van der Waals surface area contributed by atoms with Gasteiger partial charge in [0.05, 0.1) is 0 Å². The summed E-state index contributed by atoms with van der Waals surface area (Å²) in [7, 11) is 0. The van der Waals surface area contributed by atoms with Crippen LogP contribution < -0.4 is 10.1 Å². The van der Waals surface area contributed by atoms with Gasteiger partial charge in [-0.05, 0) is 22.9 Å². The summed E-state index contributed by atoms with van der Waals surface area (Å²) < 4.78 is 8.38. The molecule has 0 saturated carbocycles. The number of ether oxygens (including phenoxy) is 1. The number of imidazole rings is 1. The highest BCUT2D eigenvalue weighted by atomic mass is 32.1. The molecule has 0 saturated heterocycles. The summed E-state index contributed by atoms with van der Waals surface area (Å²) in [5.41, 5.74) is 2.39. The molecule has 1 aliphatic rings. The van der Waals surface area contributed by atoms with Crippen LogP contribution in [0.4, 0.5) is 0 Å². The number of fused-ring (bicyclic) bond motifs is 1. The molecule has 0 spiro atoms. The first kappa shape index (κ1) is 20.6. The third-order valence-corrected chi connectivity index (χ3v) is 6.12. The van der Waals surface area contributed by atoms with Crippen molar-refractivity contribution in [2.24, 2.45) is 0 Å². The van der Waals surface area contributed by atoms with Crippen molar-refractivity contribution in [2.75, 3.05) is 19.6 Å². The molecular formula is C23H28N4O2S. The average Bonchev–Trinajstić information content (AvgIpc) is 3.41. The predicted molar refractivity (Wildman–Crippen MR) is 119 cm³/mol. The highest BCUT2D eigenvalue weighted by Crippen LogP contribution is 2.31. The Morgan fingerprint density at radius 2 is 2.20 bits per heavy atom. The first-order valence-electron chi connectivity index (χ1n) is 10.5. The number of aromatic nitrogens is 2. The minimum absolute atomic E-state index is 0.00399. The normalized spacial score (nSPS) is 16.5. The molecule has 3 aromatic rings. The van der Waals surface area contributed by atoms with Gasteiger partial charge in [0.1, 0.15) is 17.7 Å². The van der Waals surface area contributed by atoms with Gasteiger partial charge in [-0.15, -0.1) is 0 Å². The molecule has 0 fully saturated rings. The second-order valence-corrected chi connectivity index (χ2v) is 8.28. The van der Waals surface area contributed by atoms with Crippen molar-refractivity contribution in [3.8, 4) is 5.75 Å². The molecule has 0 bridgehead atoms. The standard InChI is InChI=1S/C23H28N4O2S/c1-2-22-24-10-13-27(22)11-7-23(28)25-9-12-26-15-18-5-3-4-6-20(18)29-21(16-26)19-8-14-30-17-19/h3-6,8,10,13-14,17,21H,2,7,9,11-12,15-16H2,1H3,(H,25,28). The van der Waals surface area contributed by atoms with E-state index in [4.69, 9.17) is 4.74 Å². The van der Waals surface area contributed by atoms with Gasteiger partial charge in [-0.1, -0.05) is 25.1 Å². The summed E-state index contributed by atoms with van der Waals surface area (Å²) in [6.07, 6.45) is 5.07. The maximum atomic E-state index is 12.3. The van der Waals surface area contributed by atoms with Crippen molar-refractivity contribution in [2.45, 2.75) is 39.0 Å². The third kappa shape index (κ3) is 5.09. The monoisotopic (exact) mass is 424 g/mol. The zero-order chi connectivity index (χ0) is 20.8. The van der Waals surface area contributed by atoms with E-state index in [1.165, 1.54) is 11.1 Å². The number of hydrogen-bond acceptors (Lipinski definition) is 5. The summed E-state index contributed by atoms with van der Waals surface area (Å²) in [6.45, 7) is 5.78. The fourth-order valence-corrected chi connectivity index (χ4v) is 4.51. The number of carbonyl (C=O) groups is 1. The van der Waals surface area contributed by atoms with E-state index in [2.05, 4.69) is 45.0 Å². The first-order chi connectivity index (χ1) is 14.7. The van der Waals surface area contributed by atoms with Gasteiger partial charge in [-0.2, -0.15) is 11.3 Å². The van der Waals surface area contributed by atoms with E-state index >= 15 is 0 Å². The number of rotatable bonds is 8. The van der Waals surface area contributed by atoms with Crippen molar-refractivity contribution in [1.29, 1.82) is 0 Å². The lowest BCUT2D eigenvalue weighted by Gasteiger charge is -2.23. The molecule has 1 aliphatic heterocycles. The molecule has 1 aromatic carbocycles. The summed E-state index contributed by atoms with van der Waals surface area (Å²) >= 11 is 1.69. The third-order valence-electron chi connectivity index (χ3n) is 5.42. The Morgan fingerprint density at radius 1 is 1.30 bits per heavy atom. The SMILES string of the molecule is CCc1nccn1CCC(=O)NCCN1Cc2ccccc2OC(c2ccsc2)C1. The number of para-hydroxylation sites is 1. The van der Waals surface area contributed by atoms with Crippen molar-refractivity contribution in [3.63, 3.8) is 0 Å². The smallest absolute Gasteiger partial charge is 0.221 e. The molecule has 1 amide bonds. The molecule has 6 nitrogen and oxygen atoms in total. The Balaban J connectivity index is 1.31. The molecule has 0 radical (unpaired) electrons. The first-order valence-corrected chi connectivity index (χ1v) is 11.4. The van der Waals surface area contributed by atoms with E-state index in [0.717, 1.165) is 37.6 Å². The fraction of sp³-hybridized carbons (Fsp3) is 0.391. The molecule has 1 unspecified atom stereocenters. The number of hydrogen-bond donors (Lipinski definition) is 1. The van der Waals surface area contributed by atoms with Crippen molar-refractivity contribution >= 4 is 17.2 Å². The molecule has 3 heterocycles. The molecule has 158 valence electrons. The van der Waals surface area contributed by atoms with E-state index in [1.807, 2.05) is 29.0 Å².